The minimum atomic E-state index is -0.138. The summed E-state index contributed by atoms with van der Waals surface area (Å²) in [4.78, 5) is 14.9. The van der Waals surface area contributed by atoms with E-state index in [2.05, 4.69) is 39.8 Å². The number of carbonyl (C=O) groups is 1. The van der Waals surface area contributed by atoms with E-state index in [0.29, 0.717) is 31.0 Å². The third-order valence-corrected chi connectivity index (χ3v) is 6.59. The normalized spacial score (nSPS) is 29.0. The Morgan fingerprint density at radius 1 is 1.07 bits per heavy atom. The molecule has 0 spiro atoms. The molecule has 3 heterocycles. The summed E-state index contributed by atoms with van der Waals surface area (Å²) in [5, 5.41) is 16.5. The van der Waals surface area contributed by atoms with Gasteiger partial charge in [0.2, 0.25) is 5.91 Å². The molecule has 148 valence electrons. The minimum absolute atomic E-state index is 0.138. The van der Waals surface area contributed by atoms with Gasteiger partial charge >= 0.3 is 0 Å². The molecule has 5 heteroatoms. The van der Waals surface area contributed by atoms with E-state index < -0.39 is 0 Å². The topological polar surface area (TPSA) is 64.6 Å². The van der Waals surface area contributed by atoms with Gasteiger partial charge in [-0.05, 0) is 55.6 Å². The highest BCUT2D eigenvalue weighted by atomic mass is 16.3. The van der Waals surface area contributed by atoms with Gasteiger partial charge < -0.3 is 15.7 Å². The molecular weight excluding hydrogens is 338 g/mol. The van der Waals surface area contributed by atoms with E-state index >= 15 is 0 Å². The van der Waals surface area contributed by atoms with Crippen molar-refractivity contribution in [3.63, 3.8) is 0 Å². The minimum Gasteiger partial charge on any atom is -0.393 e. The van der Waals surface area contributed by atoms with Crippen molar-refractivity contribution in [1.82, 2.24) is 15.5 Å². The Morgan fingerprint density at radius 2 is 1.74 bits per heavy atom. The average molecular weight is 372 g/mol. The van der Waals surface area contributed by atoms with Crippen LogP contribution in [0.3, 0.4) is 0 Å². The number of likely N-dealkylation sites (tertiary alicyclic amines) is 1. The molecule has 1 aromatic rings. The van der Waals surface area contributed by atoms with Crippen LogP contribution in [0.5, 0.6) is 0 Å². The molecule has 1 aromatic carbocycles. The summed E-state index contributed by atoms with van der Waals surface area (Å²) in [5.74, 6) is 0.732. The van der Waals surface area contributed by atoms with E-state index in [1.54, 1.807) is 0 Å². The quantitative estimate of drug-likeness (QED) is 0.717. The lowest BCUT2D eigenvalue weighted by Crippen LogP contribution is -2.39. The van der Waals surface area contributed by atoms with Crippen LogP contribution in [-0.2, 0) is 17.9 Å². The Bertz CT molecular complexity index is 630. The summed E-state index contributed by atoms with van der Waals surface area (Å²) in [7, 11) is 0. The number of carbonyl (C=O) groups excluding carboxylic acids is 1. The van der Waals surface area contributed by atoms with Gasteiger partial charge in [-0.1, -0.05) is 24.3 Å². The number of benzene rings is 1. The number of aliphatic hydroxyl groups is 1. The van der Waals surface area contributed by atoms with Gasteiger partial charge in [-0.3, -0.25) is 9.69 Å². The largest absolute Gasteiger partial charge is 0.393 e. The van der Waals surface area contributed by atoms with Gasteiger partial charge in [0, 0.05) is 44.7 Å². The Balaban J connectivity index is 1.27. The molecule has 3 saturated heterocycles. The number of aliphatic hydroxyl groups excluding tert-OH is 1. The first-order valence-electron chi connectivity index (χ1n) is 10.7. The molecule has 4 rings (SSSR count). The third kappa shape index (κ3) is 5.09. The Labute approximate surface area is 162 Å². The summed E-state index contributed by atoms with van der Waals surface area (Å²) in [5.41, 5.74) is 2.50. The highest BCUT2D eigenvalue weighted by Crippen LogP contribution is 2.32. The summed E-state index contributed by atoms with van der Waals surface area (Å²) < 4.78 is 0. The smallest absolute Gasteiger partial charge is 0.220 e. The van der Waals surface area contributed by atoms with Gasteiger partial charge in [0.25, 0.3) is 0 Å². The van der Waals surface area contributed by atoms with Crippen molar-refractivity contribution in [2.45, 2.75) is 76.2 Å². The molecule has 5 nitrogen and oxygen atoms in total. The second kappa shape index (κ2) is 8.72. The van der Waals surface area contributed by atoms with Crippen LogP contribution in [0.15, 0.2) is 24.3 Å². The second-order valence-electron chi connectivity index (χ2n) is 8.73. The summed E-state index contributed by atoms with van der Waals surface area (Å²) in [6, 6.07) is 9.70. The van der Waals surface area contributed by atoms with E-state index in [1.165, 1.54) is 24.0 Å². The molecular formula is C22H33N3O2. The number of fused-ring (bicyclic) bond motifs is 2. The van der Waals surface area contributed by atoms with Crippen LogP contribution in [0.2, 0.25) is 0 Å². The lowest BCUT2D eigenvalue weighted by Gasteiger charge is -2.30. The van der Waals surface area contributed by atoms with Gasteiger partial charge in [-0.15, -0.1) is 0 Å². The summed E-state index contributed by atoms with van der Waals surface area (Å²) >= 11 is 0. The zero-order chi connectivity index (χ0) is 18.6. The van der Waals surface area contributed by atoms with Crippen LogP contribution in [0.1, 0.15) is 56.1 Å². The second-order valence-corrected chi connectivity index (χ2v) is 8.73. The molecule has 2 bridgehead atoms. The molecule has 0 saturated carbocycles. The monoisotopic (exact) mass is 371 g/mol. The number of nitrogens with one attached hydrogen (secondary N) is 2. The summed E-state index contributed by atoms with van der Waals surface area (Å²) in [6.07, 6.45) is 7.12. The maximum atomic E-state index is 12.5. The Morgan fingerprint density at radius 3 is 2.44 bits per heavy atom. The zero-order valence-corrected chi connectivity index (χ0v) is 16.2. The van der Waals surface area contributed by atoms with E-state index in [1.807, 2.05) is 0 Å². The SMILES string of the molecule is O=C(CC1CC2CCC(C1)N2)NCc1ccccc1CN1CCC(O)CC1. The molecule has 1 amide bonds. The van der Waals surface area contributed by atoms with Crippen molar-refractivity contribution in [2.75, 3.05) is 13.1 Å². The van der Waals surface area contributed by atoms with E-state index in [9.17, 15) is 9.90 Å². The maximum absolute atomic E-state index is 12.5. The molecule has 0 aromatic heterocycles. The van der Waals surface area contributed by atoms with Gasteiger partial charge in [-0.25, -0.2) is 0 Å². The van der Waals surface area contributed by atoms with Gasteiger partial charge in [0.1, 0.15) is 0 Å². The standard InChI is InChI=1S/C22H33N3O2/c26-21-7-9-25(10-8-21)15-18-4-2-1-3-17(18)14-23-22(27)13-16-11-19-5-6-20(12-16)24-19/h1-4,16,19-21,24,26H,5-15H2,(H,23,27). The fraction of sp³-hybridized carbons (Fsp3) is 0.682. The predicted molar refractivity (Wildman–Crippen MR) is 106 cm³/mol. The van der Waals surface area contributed by atoms with Gasteiger partial charge in [0.05, 0.1) is 6.10 Å². The first-order valence-corrected chi connectivity index (χ1v) is 10.7. The van der Waals surface area contributed by atoms with Crippen molar-refractivity contribution in [3.05, 3.63) is 35.4 Å². The van der Waals surface area contributed by atoms with Crippen molar-refractivity contribution in [2.24, 2.45) is 5.92 Å². The number of nitrogens with zero attached hydrogens (tertiary/aromatic N) is 1. The Kier molecular flexibility index (Phi) is 6.11. The first kappa shape index (κ1) is 18.9. The molecule has 2 atom stereocenters. The molecule has 3 aliphatic rings. The first-order chi connectivity index (χ1) is 13.2. The fourth-order valence-electron chi connectivity index (χ4n) is 5.07. The third-order valence-electron chi connectivity index (χ3n) is 6.59. The van der Waals surface area contributed by atoms with E-state index in [0.717, 1.165) is 45.3 Å². The van der Waals surface area contributed by atoms with Crippen molar-refractivity contribution in [3.8, 4) is 0 Å². The van der Waals surface area contributed by atoms with Crippen LogP contribution in [0.25, 0.3) is 0 Å². The van der Waals surface area contributed by atoms with Crippen LogP contribution in [-0.4, -0.2) is 47.2 Å². The lowest BCUT2D eigenvalue weighted by atomic mass is 9.89. The number of piperidine rings is 2. The molecule has 0 radical (unpaired) electrons. The molecule has 3 fully saturated rings. The highest BCUT2D eigenvalue weighted by molar-refractivity contribution is 5.76. The molecule has 3 aliphatic heterocycles. The van der Waals surface area contributed by atoms with Crippen LogP contribution >= 0.6 is 0 Å². The molecule has 3 N–H and O–H groups in total. The van der Waals surface area contributed by atoms with Crippen molar-refractivity contribution >= 4 is 5.91 Å². The Hall–Kier alpha value is -1.43. The van der Waals surface area contributed by atoms with Crippen molar-refractivity contribution < 1.29 is 9.90 Å². The van der Waals surface area contributed by atoms with E-state index in [4.69, 9.17) is 0 Å². The molecule has 27 heavy (non-hydrogen) atoms. The number of rotatable bonds is 6. The summed E-state index contributed by atoms with van der Waals surface area (Å²) in [6.45, 7) is 3.40. The zero-order valence-electron chi connectivity index (χ0n) is 16.2. The fourth-order valence-corrected chi connectivity index (χ4v) is 5.07. The van der Waals surface area contributed by atoms with Crippen LogP contribution in [0.4, 0.5) is 0 Å². The van der Waals surface area contributed by atoms with Gasteiger partial charge in [0.15, 0.2) is 0 Å². The average Bonchev–Trinajstić information content (AvgIpc) is 3.01. The predicted octanol–water partition coefficient (Wildman–Crippen LogP) is 2.18. The molecule has 0 aliphatic carbocycles. The lowest BCUT2D eigenvalue weighted by molar-refractivity contribution is -0.122. The number of amides is 1. The van der Waals surface area contributed by atoms with Crippen LogP contribution in [0, 0.1) is 5.92 Å². The highest BCUT2D eigenvalue weighted by Gasteiger charge is 2.34. The molecule has 2 unspecified atom stereocenters. The number of hydrogen-bond donors (Lipinski definition) is 3. The van der Waals surface area contributed by atoms with Crippen molar-refractivity contribution in [1.29, 1.82) is 0 Å². The van der Waals surface area contributed by atoms with E-state index in [-0.39, 0.29) is 12.0 Å². The van der Waals surface area contributed by atoms with Crippen LogP contribution < -0.4 is 10.6 Å². The number of hydrogen-bond acceptors (Lipinski definition) is 4. The maximum Gasteiger partial charge on any atom is 0.220 e. The van der Waals surface area contributed by atoms with Gasteiger partial charge in [-0.2, -0.15) is 0 Å².